The van der Waals surface area contributed by atoms with E-state index in [0.29, 0.717) is 0 Å². The fourth-order valence-electron chi connectivity index (χ4n) is 2.28. The molecule has 0 amide bonds. The van der Waals surface area contributed by atoms with Crippen LogP contribution in [0.25, 0.3) is 11.1 Å². The maximum Gasteiger partial charge on any atom is 0.0178 e. The van der Waals surface area contributed by atoms with Gasteiger partial charge >= 0.3 is 0 Å². The van der Waals surface area contributed by atoms with Crippen LogP contribution >= 0.6 is 31.9 Å². The zero-order chi connectivity index (χ0) is 12.5. The van der Waals surface area contributed by atoms with Gasteiger partial charge in [-0.25, -0.2) is 0 Å². The van der Waals surface area contributed by atoms with E-state index in [1.807, 2.05) is 0 Å². The summed E-state index contributed by atoms with van der Waals surface area (Å²) in [6.45, 7) is 0. The van der Waals surface area contributed by atoms with Gasteiger partial charge in [0.2, 0.25) is 0 Å². The minimum Gasteiger partial charge on any atom is -0.0533 e. The molecule has 1 aliphatic carbocycles. The van der Waals surface area contributed by atoms with Crippen molar-refractivity contribution in [1.82, 2.24) is 0 Å². The third-order valence-corrected chi connectivity index (χ3v) is 4.45. The molecule has 0 saturated heterocycles. The highest BCUT2D eigenvalue weighted by molar-refractivity contribution is 9.10. The van der Waals surface area contributed by atoms with Crippen LogP contribution in [0.15, 0.2) is 51.4 Å². The Kier molecular flexibility index (Phi) is 3.58. The fraction of sp³-hybridized carbons (Fsp3) is 0.250. The van der Waals surface area contributed by atoms with Crippen LogP contribution in [0.2, 0.25) is 0 Å². The van der Waals surface area contributed by atoms with E-state index >= 15 is 0 Å². The molecule has 0 radical (unpaired) electrons. The van der Waals surface area contributed by atoms with Crippen LogP contribution in [-0.2, 0) is 6.42 Å². The third-order valence-electron chi connectivity index (χ3n) is 3.43. The molecule has 0 heterocycles. The second-order valence-corrected chi connectivity index (χ2v) is 6.79. The topological polar surface area (TPSA) is 0 Å². The minimum absolute atomic E-state index is 0.911. The summed E-state index contributed by atoms with van der Waals surface area (Å²) >= 11 is 7.07. The van der Waals surface area contributed by atoms with Crippen LogP contribution in [0, 0.1) is 5.92 Å². The molecular formula is C16H14Br2. The van der Waals surface area contributed by atoms with Crippen LogP contribution in [0.5, 0.6) is 0 Å². The molecule has 1 fully saturated rings. The Balaban J connectivity index is 2.01. The molecule has 0 spiro atoms. The van der Waals surface area contributed by atoms with E-state index in [1.54, 1.807) is 0 Å². The molecule has 3 rings (SSSR count). The van der Waals surface area contributed by atoms with Crippen LogP contribution in [0.1, 0.15) is 18.4 Å². The molecular weight excluding hydrogens is 352 g/mol. The first-order chi connectivity index (χ1) is 8.72. The smallest absolute Gasteiger partial charge is 0.0178 e. The molecule has 18 heavy (non-hydrogen) atoms. The molecule has 2 aromatic carbocycles. The molecule has 1 saturated carbocycles. The minimum atomic E-state index is 0.911. The SMILES string of the molecule is Brc1ccc(-c2ccc(Br)cc2CC2CC2)cc1. The summed E-state index contributed by atoms with van der Waals surface area (Å²) in [7, 11) is 0. The van der Waals surface area contributed by atoms with Crippen molar-refractivity contribution in [2.45, 2.75) is 19.3 Å². The van der Waals surface area contributed by atoms with Crippen molar-refractivity contribution in [2.75, 3.05) is 0 Å². The number of halogens is 2. The van der Waals surface area contributed by atoms with E-state index < -0.39 is 0 Å². The molecule has 0 aliphatic heterocycles. The van der Waals surface area contributed by atoms with Gasteiger partial charge in [0.15, 0.2) is 0 Å². The lowest BCUT2D eigenvalue weighted by Crippen LogP contribution is -1.92. The highest BCUT2D eigenvalue weighted by atomic mass is 79.9. The lowest BCUT2D eigenvalue weighted by Gasteiger charge is -2.10. The molecule has 2 heteroatoms. The van der Waals surface area contributed by atoms with Gasteiger partial charge < -0.3 is 0 Å². The zero-order valence-corrected chi connectivity index (χ0v) is 13.2. The van der Waals surface area contributed by atoms with Crippen molar-refractivity contribution in [2.24, 2.45) is 5.92 Å². The number of benzene rings is 2. The molecule has 0 bridgehead atoms. The van der Waals surface area contributed by atoms with Gasteiger partial charge in [0.05, 0.1) is 0 Å². The van der Waals surface area contributed by atoms with Crippen molar-refractivity contribution in [3.63, 3.8) is 0 Å². The average molecular weight is 366 g/mol. The van der Waals surface area contributed by atoms with Gasteiger partial charge in [-0.15, -0.1) is 0 Å². The van der Waals surface area contributed by atoms with E-state index in [9.17, 15) is 0 Å². The first-order valence-electron chi connectivity index (χ1n) is 6.27. The fourth-order valence-corrected chi connectivity index (χ4v) is 2.95. The Bertz CT molecular complexity index is 554. The van der Waals surface area contributed by atoms with Gasteiger partial charge in [-0.3, -0.25) is 0 Å². The Morgan fingerprint density at radius 2 is 1.56 bits per heavy atom. The first-order valence-corrected chi connectivity index (χ1v) is 7.85. The highest BCUT2D eigenvalue weighted by Gasteiger charge is 2.23. The van der Waals surface area contributed by atoms with E-state index in [0.717, 1.165) is 10.4 Å². The van der Waals surface area contributed by atoms with Crippen LogP contribution in [0.3, 0.4) is 0 Å². The van der Waals surface area contributed by atoms with Gasteiger partial charge in [-0.1, -0.05) is 50.1 Å². The van der Waals surface area contributed by atoms with Gasteiger partial charge in [0.25, 0.3) is 0 Å². The van der Waals surface area contributed by atoms with E-state index in [2.05, 4.69) is 74.3 Å². The summed E-state index contributed by atoms with van der Waals surface area (Å²) in [6.07, 6.45) is 4.00. The average Bonchev–Trinajstić information content (AvgIpc) is 3.15. The van der Waals surface area contributed by atoms with E-state index in [4.69, 9.17) is 0 Å². The van der Waals surface area contributed by atoms with Gasteiger partial charge in [0.1, 0.15) is 0 Å². The molecule has 0 nitrogen and oxygen atoms in total. The summed E-state index contributed by atoms with van der Waals surface area (Å²) < 4.78 is 2.31. The molecule has 0 unspecified atom stereocenters. The van der Waals surface area contributed by atoms with Crippen molar-refractivity contribution >= 4 is 31.9 Å². The second-order valence-electron chi connectivity index (χ2n) is 4.96. The molecule has 0 aromatic heterocycles. The Labute approximate surface area is 125 Å². The predicted octanol–water partition coefficient (Wildman–Crippen LogP) is 5.83. The predicted molar refractivity (Wildman–Crippen MR) is 83.7 cm³/mol. The normalized spacial score (nSPS) is 14.8. The standard InChI is InChI=1S/C16H14Br2/c17-14-5-3-12(4-6-14)16-8-7-15(18)10-13(16)9-11-1-2-11/h3-8,10-11H,1-2,9H2. The maximum atomic E-state index is 3.58. The lowest BCUT2D eigenvalue weighted by atomic mass is 9.96. The van der Waals surface area contributed by atoms with Crippen LogP contribution in [0.4, 0.5) is 0 Å². The zero-order valence-electron chi connectivity index (χ0n) is 10.00. The van der Waals surface area contributed by atoms with Crippen molar-refractivity contribution < 1.29 is 0 Å². The van der Waals surface area contributed by atoms with Crippen LogP contribution < -0.4 is 0 Å². The summed E-state index contributed by atoms with van der Waals surface area (Å²) in [5.74, 6) is 0.911. The summed E-state index contributed by atoms with van der Waals surface area (Å²) in [6, 6.07) is 15.2. The number of rotatable bonds is 3. The Morgan fingerprint density at radius 1 is 0.889 bits per heavy atom. The molecule has 92 valence electrons. The molecule has 0 atom stereocenters. The van der Waals surface area contributed by atoms with Crippen molar-refractivity contribution in [3.05, 3.63) is 57.0 Å². The lowest BCUT2D eigenvalue weighted by molar-refractivity contribution is 0.833. The Hall–Kier alpha value is -0.600. The largest absolute Gasteiger partial charge is 0.0533 e. The third kappa shape index (κ3) is 2.86. The quantitative estimate of drug-likeness (QED) is 0.641. The molecule has 2 aromatic rings. The summed E-state index contributed by atoms with van der Waals surface area (Å²) in [5, 5.41) is 0. The van der Waals surface area contributed by atoms with E-state index in [-0.39, 0.29) is 0 Å². The van der Waals surface area contributed by atoms with Gasteiger partial charge in [-0.05, 0) is 66.1 Å². The summed E-state index contributed by atoms with van der Waals surface area (Å²) in [5.41, 5.74) is 4.15. The Morgan fingerprint density at radius 3 is 2.22 bits per heavy atom. The number of hydrogen-bond acceptors (Lipinski definition) is 0. The maximum absolute atomic E-state index is 3.58. The van der Waals surface area contributed by atoms with Crippen LogP contribution in [-0.4, -0.2) is 0 Å². The molecule has 0 N–H and O–H groups in total. The van der Waals surface area contributed by atoms with E-state index in [1.165, 1.54) is 40.4 Å². The second kappa shape index (κ2) is 5.18. The summed E-state index contributed by atoms with van der Waals surface area (Å²) in [4.78, 5) is 0. The monoisotopic (exact) mass is 364 g/mol. The van der Waals surface area contributed by atoms with Crippen molar-refractivity contribution in [1.29, 1.82) is 0 Å². The molecule has 1 aliphatic rings. The van der Waals surface area contributed by atoms with Gasteiger partial charge in [0, 0.05) is 8.95 Å². The highest BCUT2D eigenvalue weighted by Crippen LogP contribution is 2.37. The van der Waals surface area contributed by atoms with Crippen molar-refractivity contribution in [3.8, 4) is 11.1 Å². The first kappa shape index (κ1) is 12.4. The van der Waals surface area contributed by atoms with Gasteiger partial charge in [-0.2, -0.15) is 0 Å². The number of hydrogen-bond donors (Lipinski definition) is 0.